The van der Waals surface area contributed by atoms with Gasteiger partial charge in [0.1, 0.15) is 0 Å². The van der Waals surface area contributed by atoms with E-state index in [1.807, 2.05) is 30.9 Å². The minimum atomic E-state index is -3.67. The van der Waals surface area contributed by atoms with Gasteiger partial charge in [-0.15, -0.1) is 0 Å². The van der Waals surface area contributed by atoms with Gasteiger partial charge in [-0.3, -0.25) is 9.52 Å². The topological polar surface area (TPSA) is 66.5 Å². The number of fused-ring (bicyclic) bond motifs is 1. The first-order chi connectivity index (χ1) is 12.4. The number of nitrogens with one attached hydrogen (secondary N) is 1. The van der Waals surface area contributed by atoms with E-state index in [9.17, 15) is 13.2 Å². The van der Waals surface area contributed by atoms with Gasteiger partial charge in [0.25, 0.3) is 10.0 Å². The van der Waals surface area contributed by atoms with Crippen LogP contribution in [0.2, 0.25) is 0 Å². The highest BCUT2D eigenvalue weighted by Crippen LogP contribution is 2.39. The zero-order valence-corrected chi connectivity index (χ0v) is 15.7. The third-order valence-electron chi connectivity index (χ3n) is 5.13. The fourth-order valence-corrected chi connectivity index (χ4v) is 4.71. The van der Waals surface area contributed by atoms with Gasteiger partial charge in [-0.25, -0.2) is 8.42 Å². The van der Waals surface area contributed by atoms with Crippen LogP contribution < -0.4 is 9.62 Å². The molecule has 1 saturated carbocycles. The highest BCUT2D eigenvalue weighted by Gasteiger charge is 2.39. The fourth-order valence-electron chi connectivity index (χ4n) is 3.53. The van der Waals surface area contributed by atoms with Crippen molar-refractivity contribution in [3.05, 3.63) is 53.6 Å². The van der Waals surface area contributed by atoms with E-state index in [0.717, 1.165) is 29.7 Å². The number of carbonyl (C=O) groups excluding carboxylic acids is 1. The van der Waals surface area contributed by atoms with E-state index >= 15 is 0 Å². The summed E-state index contributed by atoms with van der Waals surface area (Å²) < 4.78 is 28.2. The lowest BCUT2D eigenvalue weighted by Gasteiger charge is -2.22. The third kappa shape index (κ3) is 2.98. The number of hydrogen-bond acceptors (Lipinski definition) is 3. The molecule has 2 aromatic carbocycles. The maximum absolute atomic E-state index is 12.8. The Bertz CT molecular complexity index is 980. The molecule has 0 aromatic heterocycles. The normalized spacial score (nSPS) is 19.3. The van der Waals surface area contributed by atoms with Crippen LogP contribution in [-0.2, 0) is 21.2 Å². The highest BCUT2D eigenvalue weighted by atomic mass is 32.2. The molecule has 5 nitrogen and oxygen atoms in total. The van der Waals surface area contributed by atoms with Gasteiger partial charge in [0, 0.05) is 17.6 Å². The Morgan fingerprint density at radius 2 is 1.88 bits per heavy atom. The van der Waals surface area contributed by atoms with Crippen LogP contribution in [0.3, 0.4) is 0 Å². The van der Waals surface area contributed by atoms with Crippen molar-refractivity contribution in [1.29, 1.82) is 0 Å². The second kappa shape index (κ2) is 6.13. The summed E-state index contributed by atoms with van der Waals surface area (Å²) in [5.41, 5.74) is 3.21. The monoisotopic (exact) mass is 370 g/mol. The number of anilines is 2. The predicted molar refractivity (Wildman–Crippen MR) is 102 cm³/mol. The third-order valence-corrected chi connectivity index (χ3v) is 6.49. The van der Waals surface area contributed by atoms with Crippen LogP contribution in [0, 0.1) is 12.8 Å². The Labute approximate surface area is 154 Å². The van der Waals surface area contributed by atoms with Crippen molar-refractivity contribution in [2.24, 2.45) is 5.92 Å². The second-order valence-electron chi connectivity index (χ2n) is 7.25. The molecule has 1 heterocycles. The number of carbonyl (C=O) groups is 1. The molecule has 0 spiro atoms. The quantitative estimate of drug-likeness (QED) is 0.896. The molecule has 0 unspecified atom stereocenters. The van der Waals surface area contributed by atoms with E-state index in [4.69, 9.17) is 0 Å². The van der Waals surface area contributed by atoms with Gasteiger partial charge in [0.15, 0.2) is 0 Å². The lowest BCUT2D eigenvalue weighted by molar-refractivity contribution is -0.120. The number of para-hydroxylation sites is 1. The van der Waals surface area contributed by atoms with Crippen LogP contribution in [0.4, 0.5) is 11.4 Å². The smallest absolute Gasteiger partial charge is 0.261 e. The van der Waals surface area contributed by atoms with Crippen molar-refractivity contribution in [3.63, 3.8) is 0 Å². The molecule has 1 aliphatic carbocycles. The van der Waals surface area contributed by atoms with Crippen LogP contribution in [0.25, 0.3) is 0 Å². The highest BCUT2D eigenvalue weighted by molar-refractivity contribution is 7.92. The molecular formula is C20H22N2O3S. The summed E-state index contributed by atoms with van der Waals surface area (Å²) in [4.78, 5) is 14.6. The Hall–Kier alpha value is -2.34. The van der Waals surface area contributed by atoms with Crippen LogP contribution >= 0.6 is 0 Å². The summed E-state index contributed by atoms with van der Waals surface area (Å²) in [6.45, 7) is 3.88. The number of benzene rings is 2. The standard InChI is InChI=1S/C20H22N2O3S/c1-13-5-3-4-6-18(13)21-26(24,25)17-9-10-19-16(12-17)11-14(2)22(19)20(23)15-7-8-15/h3-6,9-10,12,14-15,21H,7-8,11H2,1-2H3/t14-/m1/s1. The summed E-state index contributed by atoms with van der Waals surface area (Å²) >= 11 is 0. The van der Waals surface area contributed by atoms with Gasteiger partial charge in [-0.1, -0.05) is 18.2 Å². The fraction of sp³-hybridized carbons (Fsp3) is 0.350. The largest absolute Gasteiger partial charge is 0.309 e. The van der Waals surface area contributed by atoms with Gasteiger partial charge >= 0.3 is 0 Å². The van der Waals surface area contributed by atoms with Crippen molar-refractivity contribution in [3.8, 4) is 0 Å². The molecule has 2 aliphatic rings. The van der Waals surface area contributed by atoms with E-state index in [2.05, 4.69) is 4.72 Å². The molecule has 136 valence electrons. The van der Waals surface area contributed by atoms with E-state index in [1.165, 1.54) is 0 Å². The summed E-state index contributed by atoms with van der Waals surface area (Å²) in [7, 11) is -3.67. The first kappa shape index (κ1) is 17.1. The van der Waals surface area contributed by atoms with Gasteiger partial charge < -0.3 is 4.90 Å². The van der Waals surface area contributed by atoms with Crippen LogP contribution in [0.15, 0.2) is 47.4 Å². The number of hydrogen-bond donors (Lipinski definition) is 1. The van der Waals surface area contributed by atoms with Crippen molar-refractivity contribution < 1.29 is 13.2 Å². The molecular weight excluding hydrogens is 348 g/mol. The number of amides is 1. The van der Waals surface area contributed by atoms with Crippen molar-refractivity contribution in [2.45, 2.75) is 44.0 Å². The number of rotatable bonds is 4. The zero-order valence-electron chi connectivity index (χ0n) is 14.9. The van der Waals surface area contributed by atoms with E-state index < -0.39 is 10.0 Å². The summed E-state index contributed by atoms with van der Waals surface area (Å²) in [6.07, 6.45) is 2.61. The molecule has 1 amide bonds. The van der Waals surface area contributed by atoms with Gasteiger partial charge in [0.2, 0.25) is 5.91 Å². The maximum Gasteiger partial charge on any atom is 0.261 e. The molecule has 1 N–H and O–H groups in total. The molecule has 0 saturated heterocycles. The Kier molecular flexibility index (Phi) is 4.03. The number of sulfonamides is 1. The van der Waals surface area contributed by atoms with Gasteiger partial charge in [-0.2, -0.15) is 0 Å². The SMILES string of the molecule is Cc1ccccc1NS(=O)(=O)c1ccc2c(c1)C[C@@H](C)N2C(=O)C1CC1. The van der Waals surface area contributed by atoms with Gasteiger partial charge in [-0.05, 0) is 68.5 Å². The summed E-state index contributed by atoms with van der Waals surface area (Å²) in [5.74, 6) is 0.319. The van der Waals surface area contributed by atoms with Crippen molar-refractivity contribution in [1.82, 2.24) is 0 Å². The average molecular weight is 370 g/mol. The molecule has 1 fully saturated rings. The predicted octanol–water partition coefficient (Wildman–Crippen LogP) is 3.48. The first-order valence-electron chi connectivity index (χ1n) is 8.91. The molecule has 0 radical (unpaired) electrons. The Morgan fingerprint density at radius 3 is 2.58 bits per heavy atom. The summed E-state index contributed by atoms with van der Waals surface area (Å²) in [6, 6.07) is 12.4. The molecule has 1 atom stereocenters. The minimum absolute atomic E-state index is 0.0698. The molecule has 0 bridgehead atoms. The number of aryl methyl sites for hydroxylation is 1. The lowest BCUT2D eigenvalue weighted by Crippen LogP contribution is -2.36. The first-order valence-corrected chi connectivity index (χ1v) is 10.4. The Balaban J connectivity index is 1.64. The van der Waals surface area contributed by atoms with Crippen LogP contribution in [-0.4, -0.2) is 20.4 Å². The molecule has 2 aromatic rings. The number of nitrogens with zero attached hydrogens (tertiary/aromatic N) is 1. The van der Waals surface area contributed by atoms with Crippen molar-refractivity contribution in [2.75, 3.05) is 9.62 Å². The zero-order chi connectivity index (χ0) is 18.5. The van der Waals surface area contributed by atoms with Gasteiger partial charge in [0.05, 0.1) is 10.6 Å². The van der Waals surface area contributed by atoms with E-state index in [-0.39, 0.29) is 22.8 Å². The molecule has 26 heavy (non-hydrogen) atoms. The summed E-state index contributed by atoms with van der Waals surface area (Å²) in [5, 5.41) is 0. The molecule has 1 aliphatic heterocycles. The van der Waals surface area contributed by atoms with Crippen molar-refractivity contribution >= 4 is 27.3 Å². The maximum atomic E-state index is 12.8. The molecule has 4 rings (SSSR count). The lowest BCUT2D eigenvalue weighted by atomic mass is 10.1. The second-order valence-corrected chi connectivity index (χ2v) is 8.93. The van der Waals surface area contributed by atoms with Crippen LogP contribution in [0.5, 0.6) is 0 Å². The Morgan fingerprint density at radius 1 is 1.15 bits per heavy atom. The molecule has 6 heteroatoms. The van der Waals surface area contributed by atoms with Crippen LogP contribution in [0.1, 0.15) is 30.9 Å². The average Bonchev–Trinajstić information content (AvgIpc) is 3.38. The minimum Gasteiger partial charge on any atom is -0.309 e. The van der Waals surface area contributed by atoms with E-state index in [1.54, 1.807) is 30.3 Å². The van der Waals surface area contributed by atoms with E-state index in [0.29, 0.717) is 12.1 Å².